The van der Waals surface area contributed by atoms with E-state index >= 15 is 0 Å². The van der Waals surface area contributed by atoms with Gasteiger partial charge in [-0.05, 0) is 62.5 Å². The van der Waals surface area contributed by atoms with Crippen LogP contribution < -0.4 is 10.2 Å². The molecule has 1 aromatic carbocycles. The number of hydrogen-bond donors (Lipinski definition) is 1. The van der Waals surface area contributed by atoms with Gasteiger partial charge in [0.15, 0.2) is 0 Å². The molecule has 0 unspecified atom stereocenters. The van der Waals surface area contributed by atoms with Crippen LogP contribution in [0.1, 0.15) is 44.6 Å². The maximum absolute atomic E-state index is 12.6. The summed E-state index contributed by atoms with van der Waals surface area (Å²) in [5, 5.41) is 12.7. The number of amides is 1. The molecule has 3 fully saturated rings. The second-order valence-corrected chi connectivity index (χ2v) is 8.94. The lowest BCUT2D eigenvalue weighted by Crippen LogP contribution is -2.45. The molecule has 2 aliphatic carbocycles. The van der Waals surface area contributed by atoms with E-state index in [1.54, 1.807) is 0 Å². The van der Waals surface area contributed by atoms with E-state index in [1.165, 1.54) is 25.7 Å². The highest BCUT2D eigenvalue weighted by Gasteiger charge is 2.42. The third kappa shape index (κ3) is 4.17. The molecule has 2 bridgehead atoms. The van der Waals surface area contributed by atoms with Gasteiger partial charge in [-0.2, -0.15) is 5.26 Å². The number of rotatable bonds is 5. The summed E-state index contributed by atoms with van der Waals surface area (Å²) in [4.78, 5) is 17.2. The molecule has 28 heavy (non-hydrogen) atoms. The number of nitriles is 1. The topological polar surface area (TPSA) is 59.4 Å². The molecule has 1 N–H and O–H groups in total. The molecule has 0 aromatic heterocycles. The van der Waals surface area contributed by atoms with E-state index in [0.29, 0.717) is 18.5 Å². The number of fused-ring (bicyclic) bond motifs is 2. The first-order valence-electron chi connectivity index (χ1n) is 10.9. The van der Waals surface area contributed by atoms with Crippen LogP contribution in [0.3, 0.4) is 0 Å². The minimum absolute atomic E-state index is 0.168. The molecule has 4 atom stereocenters. The summed E-state index contributed by atoms with van der Waals surface area (Å²) in [5.74, 6) is 2.61. The van der Waals surface area contributed by atoms with E-state index in [4.69, 9.17) is 0 Å². The van der Waals surface area contributed by atoms with Crippen molar-refractivity contribution in [2.75, 3.05) is 37.6 Å². The minimum Gasteiger partial charge on any atom is -0.369 e. The van der Waals surface area contributed by atoms with E-state index in [9.17, 15) is 10.1 Å². The number of anilines is 1. The second-order valence-electron chi connectivity index (χ2n) is 8.94. The number of hydrogen-bond acceptors (Lipinski definition) is 4. The van der Waals surface area contributed by atoms with Crippen molar-refractivity contribution in [2.45, 2.75) is 45.1 Å². The minimum atomic E-state index is 0.168. The summed E-state index contributed by atoms with van der Waals surface area (Å²) in [6, 6.07) is 10.4. The van der Waals surface area contributed by atoms with Crippen molar-refractivity contribution in [3.8, 4) is 6.07 Å². The fraction of sp³-hybridized carbons (Fsp3) is 0.652. The summed E-state index contributed by atoms with van der Waals surface area (Å²) >= 11 is 0. The van der Waals surface area contributed by atoms with E-state index in [2.05, 4.69) is 28.1 Å². The SMILES string of the molecule is C[C@@H](NC(=O)CN1CCCN(c2ccccc2C#N)CC1)[C@@H]1C[C@H]2CC[C@H]1C2. The van der Waals surface area contributed by atoms with Crippen molar-refractivity contribution in [3.05, 3.63) is 29.8 Å². The smallest absolute Gasteiger partial charge is 0.234 e. The molecule has 1 heterocycles. The van der Waals surface area contributed by atoms with Gasteiger partial charge in [-0.1, -0.05) is 18.6 Å². The molecule has 150 valence electrons. The Morgan fingerprint density at radius 3 is 2.82 bits per heavy atom. The molecular weight excluding hydrogens is 348 g/mol. The highest BCUT2D eigenvalue weighted by atomic mass is 16.2. The molecule has 3 aliphatic rings. The molecule has 0 spiro atoms. The molecule has 5 heteroatoms. The molecule has 1 amide bonds. The standard InChI is InChI=1S/C23H32N4O/c1-17(21-14-18-7-8-19(21)13-18)25-23(28)16-26-9-4-10-27(12-11-26)22-6-3-2-5-20(22)15-24/h2-3,5-6,17-19,21H,4,7-14,16H2,1H3,(H,25,28)/t17-,18+,19+,21+/m1/s1. The Hall–Kier alpha value is -2.06. The average Bonchev–Trinajstić information content (AvgIpc) is 3.26. The van der Waals surface area contributed by atoms with Crippen LogP contribution in [-0.4, -0.2) is 49.6 Å². The van der Waals surface area contributed by atoms with Crippen LogP contribution in [0.5, 0.6) is 0 Å². The monoisotopic (exact) mass is 380 g/mol. The Balaban J connectivity index is 1.27. The van der Waals surface area contributed by atoms with E-state index in [0.717, 1.165) is 55.7 Å². The Morgan fingerprint density at radius 2 is 2.07 bits per heavy atom. The molecule has 1 saturated heterocycles. The lowest BCUT2D eigenvalue weighted by Gasteiger charge is -2.29. The predicted molar refractivity (Wildman–Crippen MR) is 111 cm³/mol. The van der Waals surface area contributed by atoms with Crippen molar-refractivity contribution in [3.63, 3.8) is 0 Å². The van der Waals surface area contributed by atoms with Gasteiger partial charge in [0, 0.05) is 32.2 Å². The fourth-order valence-electron chi connectivity index (χ4n) is 5.73. The quantitative estimate of drug-likeness (QED) is 0.853. The third-order valence-electron chi connectivity index (χ3n) is 7.14. The van der Waals surface area contributed by atoms with Gasteiger partial charge in [0.1, 0.15) is 6.07 Å². The van der Waals surface area contributed by atoms with Crippen LogP contribution in [0.4, 0.5) is 5.69 Å². The van der Waals surface area contributed by atoms with Crippen molar-refractivity contribution >= 4 is 11.6 Å². The van der Waals surface area contributed by atoms with Gasteiger partial charge in [0.2, 0.25) is 5.91 Å². The lowest BCUT2D eigenvalue weighted by molar-refractivity contribution is -0.123. The Kier molecular flexibility index (Phi) is 5.87. The van der Waals surface area contributed by atoms with Crippen molar-refractivity contribution in [1.29, 1.82) is 5.26 Å². The Bertz CT molecular complexity index is 742. The normalized spacial score (nSPS) is 28.6. The van der Waals surface area contributed by atoms with Crippen LogP contribution in [0.15, 0.2) is 24.3 Å². The fourth-order valence-corrected chi connectivity index (χ4v) is 5.73. The number of benzene rings is 1. The molecule has 0 radical (unpaired) electrons. The van der Waals surface area contributed by atoms with E-state index in [1.807, 2.05) is 24.3 Å². The summed E-state index contributed by atoms with van der Waals surface area (Å²) in [7, 11) is 0. The van der Waals surface area contributed by atoms with Crippen LogP contribution in [0, 0.1) is 29.1 Å². The Labute approximate surface area is 168 Å². The van der Waals surface area contributed by atoms with Crippen molar-refractivity contribution < 1.29 is 4.79 Å². The molecule has 1 aliphatic heterocycles. The second kappa shape index (κ2) is 8.53. The van der Waals surface area contributed by atoms with E-state index in [-0.39, 0.29) is 5.91 Å². The lowest BCUT2D eigenvalue weighted by atomic mass is 9.84. The summed E-state index contributed by atoms with van der Waals surface area (Å²) in [5.41, 5.74) is 1.74. The molecule has 4 rings (SSSR count). The number of para-hydroxylation sites is 1. The van der Waals surface area contributed by atoms with Gasteiger partial charge < -0.3 is 10.2 Å². The molecule has 1 aromatic rings. The zero-order valence-corrected chi connectivity index (χ0v) is 16.9. The summed E-state index contributed by atoms with van der Waals surface area (Å²) in [6.45, 7) is 6.26. The third-order valence-corrected chi connectivity index (χ3v) is 7.14. The van der Waals surface area contributed by atoms with Gasteiger partial charge in [0.05, 0.1) is 17.8 Å². The zero-order valence-electron chi connectivity index (χ0n) is 16.9. The first-order valence-corrected chi connectivity index (χ1v) is 10.9. The van der Waals surface area contributed by atoms with Crippen molar-refractivity contribution in [2.24, 2.45) is 17.8 Å². The van der Waals surface area contributed by atoms with Gasteiger partial charge in [-0.3, -0.25) is 9.69 Å². The van der Waals surface area contributed by atoms with E-state index < -0.39 is 0 Å². The van der Waals surface area contributed by atoms with Gasteiger partial charge >= 0.3 is 0 Å². The number of carbonyl (C=O) groups is 1. The molecule has 2 saturated carbocycles. The number of nitrogens with zero attached hydrogens (tertiary/aromatic N) is 3. The average molecular weight is 381 g/mol. The molecular formula is C23H32N4O. The predicted octanol–water partition coefficient (Wildman–Crippen LogP) is 3.01. The first-order chi connectivity index (χ1) is 13.6. The maximum atomic E-state index is 12.6. The van der Waals surface area contributed by atoms with Crippen molar-refractivity contribution in [1.82, 2.24) is 10.2 Å². The highest BCUT2D eigenvalue weighted by Crippen LogP contribution is 2.49. The Morgan fingerprint density at radius 1 is 1.21 bits per heavy atom. The summed E-state index contributed by atoms with van der Waals surface area (Å²) in [6.07, 6.45) is 6.47. The van der Waals surface area contributed by atoms with Gasteiger partial charge in [0.25, 0.3) is 0 Å². The van der Waals surface area contributed by atoms with Crippen LogP contribution in [0.25, 0.3) is 0 Å². The van der Waals surface area contributed by atoms with Crippen LogP contribution >= 0.6 is 0 Å². The highest BCUT2D eigenvalue weighted by molar-refractivity contribution is 5.78. The summed E-state index contributed by atoms with van der Waals surface area (Å²) < 4.78 is 0. The first kappa shape index (κ1) is 19.3. The zero-order chi connectivity index (χ0) is 19.5. The van der Waals surface area contributed by atoms with Gasteiger partial charge in [-0.25, -0.2) is 0 Å². The van der Waals surface area contributed by atoms with Crippen LogP contribution in [-0.2, 0) is 4.79 Å². The largest absolute Gasteiger partial charge is 0.369 e. The van der Waals surface area contributed by atoms with Crippen LogP contribution in [0.2, 0.25) is 0 Å². The molecule has 5 nitrogen and oxygen atoms in total. The van der Waals surface area contributed by atoms with Gasteiger partial charge in [-0.15, -0.1) is 0 Å². The maximum Gasteiger partial charge on any atom is 0.234 e. The number of carbonyl (C=O) groups excluding carboxylic acids is 1. The number of nitrogens with one attached hydrogen (secondary N) is 1.